The molecule has 5 rings (SSSR count). The van der Waals surface area contributed by atoms with Gasteiger partial charge >= 0.3 is 0 Å². The van der Waals surface area contributed by atoms with E-state index in [1.165, 1.54) is 38.5 Å². The first-order chi connectivity index (χ1) is 11.0. The molecule has 4 aliphatic carbocycles. The van der Waals surface area contributed by atoms with Gasteiger partial charge in [-0.2, -0.15) is 0 Å². The molecule has 0 aromatic carbocycles. The normalized spacial score (nSPS) is 32.4. The number of nitrogens with zero attached hydrogens (tertiary/aromatic N) is 2. The minimum absolute atomic E-state index is 0. The van der Waals surface area contributed by atoms with E-state index in [4.69, 9.17) is 0 Å². The summed E-state index contributed by atoms with van der Waals surface area (Å²) >= 11 is 0. The molecule has 3 nitrogen and oxygen atoms in total. The van der Waals surface area contributed by atoms with E-state index in [1.807, 2.05) is 6.92 Å². The second-order valence-electron chi connectivity index (χ2n) is 8.57. The summed E-state index contributed by atoms with van der Waals surface area (Å²) in [7, 11) is 2.29. The number of aromatic nitrogens is 1. The van der Waals surface area contributed by atoms with E-state index >= 15 is 0 Å². The number of halogens is 2. The summed E-state index contributed by atoms with van der Waals surface area (Å²) in [6, 6.07) is 2.07. The lowest BCUT2D eigenvalue weighted by Crippen LogP contribution is -2.58. The van der Waals surface area contributed by atoms with Gasteiger partial charge < -0.3 is 5.11 Å². The number of hydrogen-bond donors (Lipinski definition) is 1. The van der Waals surface area contributed by atoms with Crippen molar-refractivity contribution in [3.8, 4) is 5.75 Å². The molecule has 0 saturated heterocycles. The van der Waals surface area contributed by atoms with Crippen molar-refractivity contribution in [1.82, 2.24) is 9.88 Å². The van der Waals surface area contributed by atoms with Gasteiger partial charge in [-0.15, -0.1) is 24.8 Å². The van der Waals surface area contributed by atoms with Crippen LogP contribution < -0.4 is 0 Å². The zero-order valence-corrected chi connectivity index (χ0v) is 17.3. The van der Waals surface area contributed by atoms with E-state index in [-0.39, 0.29) is 24.8 Å². The van der Waals surface area contributed by atoms with Crippen molar-refractivity contribution in [2.24, 2.45) is 17.8 Å². The summed E-state index contributed by atoms with van der Waals surface area (Å²) in [6.45, 7) is 4.95. The van der Waals surface area contributed by atoms with E-state index in [2.05, 4.69) is 29.9 Å². The fourth-order valence-electron chi connectivity index (χ4n) is 6.13. The lowest BCUT2D eigenvalue weighted by Gasteiger charge is -2.60. The predicted molar refractivity (Wildman–Crippen MR) is 107 cm³/mol. The third-order valence-corrected chi connectivity index (χ3v) is 6.83. The number of aryl methyl sites for hydroxylation is 2. The highest BCUT2D eigenvalue weighted by Crippen LogP contribution is 2.57. The predicted octanol–water partition coefficient (Wildman–Crippen LogP) is 4.90. The molecule has 0 radical (unpaired) electrons. The lowest BCUT2D eigenvalue weighted by atomic mass is 9.52. The number of rotatable bonds is 4. The van der Waals surface area contributed by atoms with Gasteiger partial charge in [-0.25, -0.2) is 0 Å². The van der Waals surface area contributed by atoms with Gasteiger partial charge in [0, 0.05) is 23.3 Å². The van der Waals surface area contributed by atoms with Gasteiger partial charge in [-0.3, -0.25) is 9.88 Å². The van der Waals surface area contributed by atoms with E-state index < -0.39 is 0 Å². The van der Waals surface area contributed by atoms with Crippen LogP contribution in [0.25, 0.3) is 0 Å². The molecular formula is C20H32Cl2N2O. The maximum absolute atomic E-state index is 10.6. The third kappa shape index (κ3) is 3.65. The van der Waals surface area contributed by atoms with Crippen molar-refractivity contribution in [2.75, 3.05) is 7.05 Å². The van der Waals surface area contributed by atoms with Crippen LogP contribution in [0.4, 0.5) is 0 Å². The van der Waals surface area contributed by atoms with Crippen molar-refractivity contribution < 1.29 is 5.11 Å². The topological polar surface area (TPSA) is 36.4 Å². The number of hydrogen-bond acceptors (Lipinski definition) is 3. The molecule has 4 saturated carbocycles. The maximum atomic E-state index is 10.6. The second-order valence-corrected chi connectivity index (χ2v) is 8.57. The highest BCUT2D eigenvalue weighted by molar-refractivity contribution is 5.85. The van der Waals surface area contributed by atoms with Crippen LogP contribution in [-0.4, -0.2) is 27.6 Å². The smallest absolute Gasteiger partial charge is 0.141 e. The highest BCUT2D eigenvalue weighted by atomic mass is 35.5. The first-order valence-corrected chi connectivity index (χ1v) is 9.38. The van der Waals surface area contributed by atoms with Crippen molar-refractivity contribution in [3.05, 3.63) is 23.0 Å². The zero-order chi connectivity index (χ0) is 16.2. The van der Waals surface area contributed by atoms with Gasteiger partial charge in [-0.05, 0) is 82.7 Å². The summed E-state index contributed by atoms with van der Waals surface area (Å²) in [6.07, 6.45) is 9.36. The van der Waals surface area contributed by atoms with Crippen LogP contribution in [0.15, 0.2) is 6.07 Å². The molecule has 0 unspecified atom stereocenters. The fourth-order valence-corrected chi connectivity index (χ4v) is 6.13. The van der Waals surface area contributed by atoms with Gasteiger partial charge in [0.2, 0.25) is 0 Å². The molecule has 25 heavy (non-hydrogen) atoms. The van der Waals surface area contributed by atoms with Crippen LogP contribution in [0.3, 0.4) is 0 Å². The van der Waals surface area contributed by atoms with Gasteiger partial charge in [0.1, 0.15) is 5.75 Å². The molecule has 4 fully saturated rings. The molecule has 4 bridgehead atoms. The number of aromatic hydroxyl groups is 1. The Hall–Kier alpha value is -0.510. The molecule has 0 atom stereocenters. The standard InChI is InChI=1S/C20H30N2O.2ClH/c1-4-18-19(23)17(5-13(2)21-18)12-22(3)20-9-14-6-15(10-20)8-16(7-14)11-20;;/h5,14-16,23H,4,6-12H2,1-3H3;2*1H. The first-order valence-electron chi connectivity index (χ1n) is 9.38. The maximum Gasteiger partial charge on any atom is 0.141 e. The van der Waals surface area contributed by atoms with Crippen LogP contribution in [-0.2, 0) is 13.0 Å². The van der Waals surface area contributed by atoms with Gasteiger partial charge in [0.15, 0.2) is 0 Å². The SMILES string of the molecule is CCc1nc(C)cc(CN(C)C23CC4CC(CC(C4)C2)C3)c1O.Cl.Cl. The van der Waals surface area contributed by atoms with Crippen LogP contribution in [0.5, 0.6) is 5.75 Å². The fraction of sp³-hybridized carbons (Fsp3) is 0.750. The average molecular weight is 387 g/mol. The first kappa shape index (κ1) is 20.8. The van der Waals surface area contributed by atoms with Crippen LogP contribution in [0.2, 0.25) is 0 Å². The zero-order valence-electron chi connectivity index (χ0n) is 15.6. The van der Waals surface area contributed by atoms with Crippen molar-refractivity contribution in [2.45, 2.75) is 70.9 Å². The highest BCUT2D eigenvalue weighted by Gasteiger charge is 2.52. The van der Waals surface area contributed by atoms with Gasteiger partial charge in [0.05, 0.1) is 5.69 Å². The Morgan fingerprint density at radius 2 is 1.64 bits per heavy atom. The molecule has 0 aliphatic heterocycles. The van der Waals surface area contributed by atoms with E-state index in [9.17, 15) is 5.11 Å². The Labute approximate surface area is 164 Å². The Kier molecular flexibility index (Phi) is 6.34. The molecule has 142 valence electrons. The summed E-state index contributed by atoms with van der Waals surface area (Å²) in [4.78, 5) is 7.06. The monoisotopic (exact) mass is 386 g/mol. The Balaban J connectivity index is 0.00000113. The largest absolute Gasteiger partial charge is 0.506 e. The van der Waals surface area contributed by atoms with Crippen LogP contribution in [0.1, 0.15) is 62.4 Å². The molecule has 1 aromatic rings. The Morgan fingerprint density at radius 3 is 2.12 bits per heavy atom. The molecule has 1 N–H and O–H groups in total. The van der Waals surface area contributed by atoms with Crippen molar-refractivity contribution in [1.29, 1.82) is 0 Å². The summed E-state index contributed by atoms with van der Waals surface area (Å²) in [5.74, 6) is 3.31. The van der Waals surface area contributed by atoms with Crippen LogP contribution in [0, 0.1) is 24.7 Å². The molecule has 5 heteroatoms. The van der Waals surface area contributed by atoms with Crippen LogP contribution >= 0.6 is 24.8 Å². The minimum atomic E-state index is 0. The quantitative estimate of drug-likeness (QED) is 0.798. The van der Waals surface area contributed by atoms with Gasteiger partial charge in [0.25, 0.3) is 0 Å². The summed E-state index contributed by atoms with van der Waals surface area (Å²) < 4.78 is 0. The Bertz CT molecular complexity index is 585. The number of pyridine rings is 1. The molecule has 0 amide bonds. The molecule has 1 aromatic heterocycles. The average Bonchev–Trinajstić information content (AvgIpc) is 2.49. The third-order valence-electron chi connectivity index (χ3n) is 6.83. The van der Waals surface area contributed by atoms with Crippen molar-refractivity contribution >= 4 is 24.8 Å². The molecular weight excluding hydrogens is 355 g/mol. The minimum Gasteiger partial charge on any atom is -0.506 e. The Morgan fingerprint density at radius 1 is 1.12 bits per heavy atom. The summed E-state index contributed by atoms with van der Waals surface area (Å²) in [5.41, 5.74) is 3.32. The molecule has 1 heterocycles. The van der Waals surface area contributed by atoms with E-state index in [0.717, 1.165) is 47.7 Å². The molecule has 4 aliphatic rings. The van der Waals surface area contributed by atoms with Gasteiger partial charge in [-0.1, -0.05) is 6.92 Å². The lowest BCUT2D eigenvalue weighted by molar-refractivity contribution is -0.0823. The molecule has 0 spiro atoms. The van der Waals surface area contributed by atoms with Crippen molar-refractivity contribution in [3.63, 3.8) is 0 Å². The summed E-state index contributed by atoms with van der Waals surface area (Å²) in [5, 5.41) is 10.6. The second kappa shape index (κ2) is 7.62. The van der Waals surface area contributed by atoms with E-state index in [1.54, 1.807) is 0 Å². The van der Waals surface area contributed by atoms with E-state index in [0.29, 0.717) is 11.3 Å².